The van der Waals surface area contributed by atoms with Gasteiger partial charge in [-0.1, -0.05) is 23.7 Å². The van der Waals surface area contributed by atoms with Crippen LogP contribution in [0.2, 0.25) is 5.15 Å². The summed E-state index contributed by atoms with van der Waals surface area (Å²) < 4.78 is 13.1. The lowest BCUT2D eigenvalue weighted by Crippen LogP contribution is -2.45. The smallest absolute Gasteiger partial charge is 0.252 e. The predicted octanol–water partition coefficient (Wildman–Crippen LogP) is 1.70. The number of amides is 2. The second-order valence-corrected chi connectivity index (χ2v) is 5.02. The van der Waals surface area contributed by atoms with Crippen LogP contribution in [-0.4, -0.2) is 22.8 Å². The number of primary amides is 1. The van der Waals surface area contributed by atoms with Gasteiger partial charge in [-0.3, -0.25) is 9.59 Å². The number of carbonyl (C=O) groups excluding carboxylic acids is 2. The first-order valence-corrected chi connectivity index (χ1v) is 6.79. The summed E-state index contributed by atoms with van der Waals surface area (Å²) in [5, 5.41) is 2.80. The quantitative estimate of drug-likeness (QED) is 0.822. The molecule has 0 saturated carbocycles. The van der Waals surface area contributed by atoms with Crippen LogP contribution in [0.1, 0.15) is 15.9 Å². The molecule has 0 spiro atoms. The van der Waals surface area contributed by atoms with Gasteiger partial charge in [0.15, 0.2) is 0 Å². The van der Waals surface area contributed by atoms with Crippen molar-refractivity contribution >= 4 is 23.4 Å². The Labute approximate surface area is 131 Å². The molecule has 3 N–H and O–H groups in total. The van der Waals surface area contributed by atoms with Crippen molar-refractivity contribution in [3.8, 4) is 0 Å². The molecule has 0 saturated heterocycles. The number of hydrogen-bond donors (Lipinski definition) is 2. The van der Waals surface area contributed by atoms with Crippen LogP contribution >= 0.6 is 11.6 Å². The number of nitrogens with one attached hydrogen (secondary N) is 1. The molecule has 2 rings (SSSR count). The van der Waals surface area contributed by atoms with E-state index in [1.54, 1.807) is 12.1 Å². The fraction of sp³-hybridized carbons (Fsp3) is 0.133. The number of halogens is 2. The summed E-state index contributed by atoms with van der Waals surface area (Å²) in [6.45, 7) is 0. The third-order valence-corrected chi connectivity index (χ3v) is 3.19. The molecule has 0 bridgehead atoms. The number of rotatable bonds is 5. The molecule has 0 radical (unpaired) electrons. The number of aromatic nitrogens is 1. The number of nitrogens with zero attached hydrogens (tertiary/aromatic N) is 1. The summed E-state index contributed by atoms with van der Waals surface area (Å²) in [6.07, 6.45) is 1.66. The highest BCUT2D eigenvalue weighted by Crippen LogP contribution is 2.09. The van der Waals surface area contributed by atoms with Gasteiger partial charge in [0.1, 0.15) is 17.0 Å². The molecule has 22 heavy (non-hydrogen) atoms. The summed E-state index contributed by atoms with van der Waals surface area (Å²) in [4.78, 5) is 27.4. The van der Waals surface area contributed by atoms with Crippen LogP contribution in [0.4, 0.5) is 4.39 Å². The highest BCUT2D eigenvalue weighted by molar-refractivity contribution is 6.29. The Kier molecular flexibility index (Phi) is 5.06. The fourth-order valence-electron chi connectivity index (χ4n) is 1.86. The molecule has 0 aliphatic carbocycles. The number of carbonyl (C=O) groups is 2. The molecule has 0 aliphatic rings. The molecule has 114 valence electrons. The summed E-state index contributed by atoms with van der Waals surface area (Å²) in [6, 6.07) is 7.48. The minimum Gasteiger partial charge on any atom is -0.368 e. The van der Waals surface area contributed by atoms with Crippen LogP contribution in [0.15, 0.2) is 42.6 Å². The third-order valence-electron chi connectivity index (χ3n) is 2.96. The van der Waals surface area contributed by atoms with Crippen molar-refractivity contribution in [3.63, 3.8) is 0 Å². The minimum atomic E-state index is -0.932. The van der Waals surface area contributed by atoms with Crippen molar-refractivity contribution in [1.82, 2.24) is 10.3 Å². The van der Waals surface area contributed by atoms with Crippen LogP contribution in [0, 0.1) is 5.82 Å². The molecular weight excluding hydrogens is 309 g/mol. The average molecular weight is 322 g/mol. The van der Waals surface area contributed by atoms with Crippen molar-refractivity contribution in [2.24, 2.45) is 5.73 Å². The van der Waals surface area contributed by atoms with Crippen molar-refractivity contribution in [3.05, 3.63) is 64.7 Å². The lowest BCUT2D eigenvalue weighted by molar-refractivity contribution is -0.119. The van der Waals surface area contributed by atoms with Gasteiger partial charge in [-0.15, -0.1) is 0 Å². The van der Waals surface area contributed by atoms with Gasteiger partial charge in [0, 0.05) is 18.2 Å². The zero-order chi connectivity index (χ0) is 16.1. The van der Waals surface area contributed by atoms with E-state index in [9.17, 15) is 14.0 Å². The van der Waals surface area contributed by atoms with Crippen molar-refractivity contribution in [2.45, 2.75) is 12.5 Å². The highest BCUT2D eigenvalue weighted by atomic mass is 35.5. The standard InChI is InChI=1S/C15H13ClFN3O2/c16-13-5-4-9(8-19-13)6-12(14(18)21)20-15(22)10-2-1-3-11(17)7-10/h1-5,7-8,12H,6H2,(H2,18,21)(H,20,22)/t12-/m1/s1. The van der Waals surface area contributed by atoms with Gasteiger partial charge >= 0.3 is 0 Å². The number of benzene rings is 1. The maximum Gasteiger partial charge on any atom is 0.252 e. The largest absolute Gasteiger partial charge is 0.368 e. The van der Waals surface area contributed by atoms with E-state index < -0.39 is 23.7 Å². The third kappa shape index (κ3) is 4.26. The predicted molar refractivity (Wildman–Crippen MR) is 79.8 cm³/mol. The fourth-order valence-corrected chi connectivity index (χ4v) is 1.97. The van der Waals surface area contributed by atoms with E-state index >= 15 is 0 Å². The molecule has 2 aromatic rings. The van der Waals surface area contributed by atoms with Crippen LogP contribution in [-0.2, 0) is 11.2 Å². The van der Waals surface area contributed by atoms with E-state index in [4.69, 9.17) is 17.3 Å². The first-order chi connectivity index (χ1) is 10.5. The number of nitrogens with two attached hydrogens (primary N) is 1. The average Bonchev–Trinajstić information content (AvgIpc) is 2.48. The Morgan fingerprint density at radius 2 is 2.09 bits per heavy atom. The Balaban J connectivity index is 2.10. The Hall–Kier alpha value is -2.47. The van der Waals surface area contributed by atoms with Crippen LogP contribution in [0.3, 0.4) is 0 Å². The summed E-state index contributed by atoms with van der Waals surface area (Å²) in [5.74, 6) is -1.81. The van der Waals surface area contributed by atoms with E-state index in [2.05, 4.69) is 10.3 Å². The van der Waals surface area contributed by atoms with Gasteiger partial charge in [0.2, 0.25) is 5.91 Å². The van der Waals surface area contributed by atoms with Gasteiger partial charge in [0.25, 0.3) is 5.91 Å². The van der Waals surface area contributed by atoms with Gasteiger partial charge in [0.05, 0.1) is 0 Å². The van der Waals surface area contributed by atoms with Crippen molar-refractivity contribution < 1.29 is 14.0 Å². The lowest BCUT2D eigenvalue weighted by atomic mass is 10.1. The van der Waals surface area contributed by atoms with E-state index in [0.717, 1.165) is 6.07 Å². The minimum absolute atomic E-state index is 0.112. The number of pyridine rings is 1. The molecule has 1 aromatic carbocycles. The summed E-state index contributed by atoms with van der Waals surface area (Å²) >= 11 is 5.68. The van der Waals surface area contributed by atoms with Crippen LogP contribution in [0.5, 0.6) is 0 Å². The maximum atomic E-state index is 13.1. The maximum absolute atomic E-state index is 13.1. The summed E-state index contributed by atoms with van der Waals surface area (Å²) in [5.41, 5.74) is 6.10. The van der Waals surface area contributed by atoms with Gasteiger partial charge < -0.3 is 11.1 Å². The Morgan fingerprint density at radius 1 is 1.32 bits per heavy atom. The van der Waals surface area contributed by atoms with Crippen LogP contribution in [0.25, 0.3) is 0 Å². The topological polar surface area (TPSA) is 85.1 Å². The number of hydrogen-bond acceptors (Lipinski definition) is 3. The molecule has 1 heterocycles. The summed E-state index contributed by atoms with van der Waals surface area (Å²) in [7, 11) is 0. The van der Waals surface area contributed by atoms with Gasteiger partial charge in [-0.2, -0.15) is 0 Å². The first kappa shape index (κ1) is 15.9. The Morgan fingerprint density at radius 3 is 2.68 bits per heavy atom. The van der Waals surface area contributed by atoms with E-state index in [1.165, 1.54) is 24.4 Å². The van der Waals surface area contributed by atoms with Crippen molar-refractivity contribution in [2.75, 3.05) is 0 Å². The SMILES string of the molecule is NC(=O)[C@@H](Cc1ccc(Cl)nc1)NC(=O)c1cccc(F)c1. The zero-order valence-electron chi connectivity index (χ0n) is 11.4. The van der Waals surface area contributed by atoms with E-state index in [-0.39, 0.29) is 12.0 Å². The second-order valence-electron chi connectivity index (χ2n) is 4.63. The normalized spacial score (nSPS) is 11.7. The van der Waals surface area contributed by atoms with Gasteiger partial charge in [-0.05, 0) is 29.8 Å². The lowest BCUT2D eigenvalue weighted by Gasteiger charge is -2.15. The van der Waals surface area contributed by atoms with Crippen molar-refractivity contribution in [1.29, 1.82) is 0 Å². The molecular formula is C15H13ClFN3O2. The molecule has 0 fully saturated rings. The van der Waals surface area contributed by atoms with E-state index in [0.29, 0.717) is 10.7 Å². The highest BCUT2D eigenvalue weighted by Gasteiger charge is 2.19. The Bertz CT molecular complexity index is 691. The molecule has 0 unspecified atom stereocenters. The molecule has 5 nitrogen and oxygen atoms in total. The molecule has 7 heteroatoms. The molecule has 2 amide bonds. The monoisotopic (exact) mass is 321 g/mol. The molecule has 1 atom stereocenters. The molecule has 0 aliphatic heterocycles. The first-order valence-electron chi connectivity index (χ1n) is 6.42. The second kappa shape index (κ2) is 7.00. The van der Waals surface area contributed by atoms with E-state index in [1.807, 2.05) is 0 Å². The molecule has 1 aromatic heterocycles. The van der Waals surface area contributed by atoms with Gasteiger partial charge in [-0.25, -0.2) is 9.37 Å². The van der Waals surface area contributed by atoms with Crippen LogP contribution < -0.4 is 11.1 Å². The zero-order valence-corrected chi connectivity index (χ0v) is 12.2.